The van der Waals surface area contributed by atoms with Crippen molar-refractivity contribution >= 4 is 9.84 Å². The zero-order chi connectivity index (χ0) is 11.5. The summed E-state index contributed by atoms with van der Waals surface area (Å²) in [5, 5.41) is 9.16. The molecule has 1 aromatic rings. The van der Waals surface area contributed by atoms with Crippen LogP contribution in [0, 0.1) is 0 Å². The summed E-state index contributed by atoms with van der Waals surface area (Å²) in [5.74, 6) is 0.114. The van der Waals surface area contributed by atoms with E-state index in [0.29, 0.717) is 11.3 Å². The van der Waals surface area contributed by atoms with Crippen LogP contribution in [0.15, 0.2) is 29.2 Å². The molecule has 1 aromatic carbocycles. The third kappa shape index (κ3) is 3.32. The molecule has 1 unspecified atom stereocenters. The highest BCUT2D eigenvalue weighted by molar-refractivity contribution is 7.91. The Morgan fingerprint density at radius 1 is 1.27 bits per heavy atom. The van der Waals surface area contributed by atoms with E-state index in [2.05, 4.69) is 0 Å². The molecule has 0 aromatic heterocycles. The van der Waals surface area contributed by atoms with E-state index in [1.165, 1.54) is 0 Å². The van der Waals surface area contributed by atoms with Crippen LogP contribution in [-0.2, 0) is 16.3 Å². The molecule has 84 valence electrons. The Hall–Kier alpha value is -0.870. The van der Waals surface area contributed by atoms with Crippen molar-refractivity contribution in [3.05, 3.63) is 29.8 Å². The van der Waals surface area contributed by atoms with Crippen LogP contribution in [0.4, 0.5) is 0 Å². The second kappa shape index (κ2) is 4.77. The van der Waals surface area contributed by atoms with E-state index in [1.807, 2.05) is 0 Å². The minimum Gasteiger partial charge on any atom is -0.393 e. The fraction of sp³-hybridized carbons (Fsp3) is 0.455. The number of hydrogen-bond donors (Lipinski definition) is 1. The summed E-state index contributed by atoms with van der Waals surface area (Å²) in [6.45, 7) is 3.33. The van der Waals surface area contributed by atoms with Crippen molar-refractivity contribution in [2.75, 3.05) is 5.75 Å². The predicted molar refractivity (Wildman–Crippen MR) is 59.6 cm³/mol. The van der Waals surface area contributed by atoms with Crippen LogP contribution in [0.5, 0.6) is 0 Å². The van der Waals surface area contributed by atoms with E-state index >= 15 is 0 Å². The molecule has 1 rings (SSSR count). The number of aliphatic hydroxyl groups is 1. The van der Waals surface area contributed by atoms with Gasteiger partial charge in [-0.25, -0.2) is 8.42 Å². The average Bonchev–Trinajstić information content (AvgIpc) is 2.18. The largest absolute Gasteiger partial charge is 0.393 e. The van der Waals surface area contributed by atoms with Crippen molar-refractivity contribution in [3.8, 4) is 0 Å². The van der Waals surface area contributed by atoms with Crippen LogP contribution < -0.4 is 0 Å². The lowest BCUT2D eigenvalue weighted by atomic mass is 10.1. The summed E-state index contributed by atoms with van der Waals surface area (Å²) in [5.41, 5.74) is 0.944. The van der Waals surface area contributed by atoms with Crippen molar-refractivity contribution in [2.45, 2.75) is 31.3 Å². The molecule has 0 spiro atoms. The minimum absolute atomic E-state index is 0.114. The van der Waals surface area contributed by atoms with Crippen LogP contribution >= 0.6 is 0 Å². The van der Waals surface area contributed by atoms with Crippen molar-refractivity contribution in [2.24, 2.45) is 0 Å². The molecule has 0 aliphatic heterocycles. The molecule has 0 aliphatic rings. The molecular formula is C11H16O3S. The number of aliphatic hydroxyl groups excluding tert-OH is 1. The molecule has 0 aliphatic carbocycles. The van der Waals surface area contributed by atoms with Gasteiger partial charge in [-0.3, -0.25) is 0 Å². The first kappa shape index (κ1) is 12.2. The number of sulfone groups is 1. The maximum atomic E-state index is 11.5. The summed E-state index contributed by atoms with van der Waals surface area (Å²) in [4.78, 5) is 0.347. The zero-order valence-corrected chi connectivity index (χ0v) is 9.79. The second-order valence-corrected chi connectivity index (χ2v) is 5.88. The monoisotopic (exact) mass is 228 g/mol. The Balaban J connectivity index is 2.91. The Bertz CT molecular complexity index is 404. The van der Waals surface area contributed by atoms with E-state index in [-0.39, 0.29) is 5.75 Å². The molecule has 0 saturated heterocycles. The number of rotatable bonds is 4. The first-order chi connectivity index (χ1) is 6.95. The van der Waals surface area contributed by atoms with Gasteiger partial charge >= 0.3 is 0 Å². The van der Waals surface area contributed by atoms with Gasteiger partial charge in [0.05, 0.1) is 16.8 Å². The standard InChI is InChI=1S/C11H16O3S/c1-3-15(13,14)11-6-4-10(5-7-11)8-9(2)12/h4-7,9,12H,3,8H2,1-2H3. The molecule has 0 amide bonds. The lowest BCUT2D eigenvalue weighted by Gasteiger charge is -2.05. The van der Waals surface area contributed by atoms with E-state index in [9.17, 15) is 8.42 Å². The molecule has 3 nitrogen and oxygen atoms in total. The van der Waals surface area contributed by atoms with Gasteiger partial charge in [0.25, 0.3) is 0 Å². The quantitative estimate of drug-likeness (QED) is 0.847. The molecule has 0 saturated carbocycles. The SMILES string of the molecule is CCS(=O)(=O)c1ccc(CC(C)O)cc1. The van der Waals surface area contributed by atoms with E-state index in [0.717, 1.165) is 5.56 Å². The van der Waals surface area contributed by atoms with Crippen molar-refractivity contribution in [3.63, 3.8) is 0 Å². The molecule has 0 bridgehead atoms. The first-order valence-corrected chi connectivity index (χ1v) is 6.60. The third-order valence-corrected chi connectivity index (χ3v) is 3.94. The van der Waals surface area contributed by atoms with E-state index in [4.69, 9.17) is 5.11 Å². The molecule has 4 heteroatoms. The minimum atomic E-state index is -3.11. The highest BCUT2D eigenvalue weighted by Crippen LogP contribution is 2.13. The van der Waals surface area contributed by atoms with Crippen LogP contribution in [0.2, 0.25) is 0 Å². The lowest BCUT2D eigenvalue weighted by Crippen LogP contribution is -2.06. The summed E-state index contributed by atoms with van der Waals surface area (Å²) >= 11 is 0. The smallest absolute Gasteiger partial charge is 0.178 e. The van der Waals surface area contributed by atoms with Crippen molar-refractivity contribution < 1.29 is 13.5 Å². The summed E-state index contributed by atoms with van der Waals surface area (Å²) in [6.07, 6.45) is 0.144. The molecule has 0 heterocycles. The summed E-state index contributed by atoms with van der Waals surface area (Å²) in [7, 11) is -3.11. The molecule has 0 fully saturated rings. The molecule has 1 atom stereocenters. The highest BCUT2D eigenvalue weighted by atomic mass is 32.2. The van der Waals surface area contributed by atoms with Gasteiger partial charge in [-0.1, -0.05) is 19.1 Å². The van der Waals surface area contributed by atoms with Crippen molar-refractivity contribution in [1.29, 1.82) is 0 Å². The Kier molecular flexibility index (Phi) is 3.88. The highest BCUT2D eigenvalue weighted by Gasteiger charge is 2.10. The maximum Gasteiger partial charge on any atom is 0.178 e. The van der Waals surface area contributed by atoms with Gasteiger partial charge in [0.15, 0.2) is 9.84 Å². The molecule has 15 heavy (non-hydrogen) atoms. The predicted octanol–water partition coefficient (Wildman–Crippen LogP) is 1.40. The van der Waals surface area contributed by atoms with Crippen LogP contribution in [0.3, 0.4) is 0 Å². The average molecular weight is 228 g/mol. The number of benzene rings is 1. The normalized spacial score (nSPS) is 13.8. The summed E-state index contributed by atoms with van der Waals surface area (Å²) < 4.78 is 23.0. The van der Waals surface area contributed by atoms with Gasteiger partial charge in [0, 0.05) is 0 Å². The van der Waals surface area contributed by atoms with Crippen molar-refractivity contribution in [1.82, 2.24) is 0 Å². The molecule has 1 N–H and O–H groups in total. The van der Waals surface area contributed by atoms with Gasteiger partial charge in [-0.05, 0) is 31.0 Å². The van der Waals surface area contributed by atoms with Gasteiger partial charge in [-0.2, -0.15) is 0 Å². The molecule has 0 radical (unpaired) electrons. The Labute approximate surface area is 90.7 Å². The first-order valence-electron chi connectivity index (χ1n) is 4.95. The van der Waals surface area contributed by atoms with E-state index < -0.39 is 15.9 Å². The number of hydrogen-bond acceptors (Lipinski definition) is 3. The lowest BCUT2D eigenvalue weighted by molar-refractivity contribution is 0.195. The van der Waals surface area contributed by atoms with Crippen LogP contribution in [-0.4, -0.2) is 25.4 Å². The van der Waals surface area contributed by atoms with Gasteiger partial charge in [0.2, 0.25) is 0 Å². The van der Waals surface area contributed by atoms with E-state index in [1.54, 1.807) is 38.1 Å². The van der Waals surface area contributed by atoms with Gasteiger partial charge in [0.1, 0.15) is 0 Å². The van der Waals surface area contributed by atoms with Gasteiger partial charge < -0.3 is 5.11 Å². The third-order valence-electron chi connectivity index (χ3n) is 2.19. The summed E-state index contributed by atoms with van der Waals surface area (Å²) in [6, 6.07) is 6.68. The Morgan fingerprint density at radius 2 is 1.80 bits per heavy atom. The zero-order valence-electron chi connectivity index (χ0n) is 8.97. The van der Waals surface area contributed by atoms with Crippen LogP contribution in [0.1, 0.15) is 19.4 Å². The fourth-order valence-corrected chi connectivity index (χ4v) is 2.22. The topological polar surface area (TPSA) is 54.4 Å². The molecular weight excluding hydrogens is 212 g/mol. The maximum absolute atomic E-state index is 11.5. The second-order valence-electron chi connectivity index (χ2n) is 3.60. The van der Waals surface area contributed by atoms with Crippen LogP contribution in [0.25, 0.3) is 0 Å². The Morgan fingerprint density at radius 3 is 2.20 bits per heavy atom. The fourth-order valence-electron chi connectivity index (χ4n) is 1.34. The van der Waals surface area contributed by atoms with Gasteiger partial charge in [-0.15, -0.1) is 0 Å².